The van der Waals surface area contributed by atoms with Gasteiger partial charge in [-0.1, -0.05) is 0 Å². The van der Waals surface area contributed by atoms with E-state index in [4.69, 9.17) is 0 Å². The molecule has 2 aromatic heterocycles. The van der Waals surface area contributed by atoms with E-state index in [0.29, 0.717) is 11.5 Å². The van der Waals surface area contributed by atoms with Gasteiger partial charge in [-0.05, 0) is 57.8 Å². The van der Waals surface area contributed by atoms with Gasteiger partial charge in [0.15, 0.2) is 5.78 Å². The Labute approximate surface area is 160 Å². The molecule has 4 heterocycles. The first kappa shape index (κ1) is 18.1. The van der Waals surface area contributed by atoms with Crippen molar-refractivity contribution in [1.29, 1.82) is 0 Å². The van der Waals surface area contributed by atoms with Crippen LogP contribution in [0.25, 0.3) is 0 Å². The standard InChI is InChI=1S/C20H28N6O/c1-15(27)16-7-8-18(21-12-16)26-11-5-6-17(13-26)20-23-22-19(24(20)2)14-25-9-3-4-10-25/h7-8,12,17H,3-6,9-11,13-14H2,1-2H3. The Morgan fingerprint density at radius 3 is 2.67 bits per heavy atom. The Morgan fingerprint density at radius 1 is 1.15 bits per heavy atom. The summed E-state index contributed by atoms with van der Waals surface area (Å²) in [7, 11) is 2.10. The lowest BCUT2D eigenvalue weighted by Gasteiger charge is -2.33. The molecule has 2 fully saturated rings. The summed E-state index contributed by atoms with van der Waals surface area (Å²) in [5.41, 5.74) is 0.659. The second-order valence-electron chi connectivity index (χ2n) is 7.76. The fourth-order valence-corrected chi connectivity index (χ4v) is 4.19. The van der Waals surface area contributed by atoms with Gasteiger partial charge in [0.1, 0.15) is 17.5 Å². The van der Waals surface area contributed by atoms with Crippen LogP contribution in [0, 0.1) is 0 Å². The number of Topliss-reactive ketones (excluding diaryl/α,β-unsaturated/α-hetero) is 1. The van der Waals surface area contributed by atoms with Crippen molar-refractivity contribution in [2.45, 2.75) is 45.1 Å². The molecule has 0 radical (unpaired) electrons. The Morgan fingerprint density at radius 2 is 1.96 bits per heavy atom. The minimum absolute atomic E-state index is 0.0511. The van der Waals surface area contributed by atoms with E-state index in [2.05, 4.69) is 36.6 Å². The van der Waals surface area contributed by atoms with Crippen LogP contribution < -0.4 is 4.90 Å². The van der Waals surface area contributed by atoms with E-state index in [1.165, 1.54) is 25.9 Å². The lowest BCUT2D eigenvalue weighted by atomic mass is 9.97. The molecule has 1 unspecified atom stereocenters. The highest BCUT2D eigenvalue weighted by atomic mass is 16.1. The number of rotatable bonds is 5. The molecule has 7 heteroatoms. The third-order valence-corrected chi connectivity index (χ3v) is 5.83. The molecule has 1 atom stereocenters. The molecule has 0 bridgehead atoms. The number of carbonyl (C=O) groups is 1. The van der Waals surface area contributed by atoms with E-state index >= 15 is 0 Å². The van der Waals surface area contributed by atoms with E-state index in [0.717, 1.165) is 49.9 Å². The third kappa shape index (κ3) is 3.88. The lowest BCUT2D eigenvalue weighted by Crippen LogP contribution is -2.36. The summed E-state index contributed by atoms with van der Waals surface area (Å²) in [6.45, 7) is 6.68. The van der Waals surface area contributed by atoms with Crippen LogP contribution in [0.2, 0.25) is 0 Å². The molecular formula is C20H28N6O. The predicted molar refractivity (Wildman–Crippen MR) is 104 cm³/mol. The molecular weight excluding hydrogens is 340 g/mol. The summed E-state index contributed by atoms with van der Waals surface area (Å²) in [5.74, 6) is 3.49. The number of anilines is 1. The second kappa shape index (κ2) is 7.76. The zero-order valence-corrected chi connectivity index (χ0v) is 16.3. The number of likely N-dealkylation sites (tertiary alicyclic amines) is 1. The van der Waals surface area contributed by atoms with Crippen LogP contribution in [-0.2, 0) is 13.6 Å². The number of aromatic nitrogens is 4. The molecule has 0 aliphatic carbocycles. The number of pyridine rings is 1. The number of carbonyl (C=O) groups excluding carboxylic acids is 1. The molecule has 2 aliphatic rings. The van der Waals surface area contributed by atoms with E-state index in [1.54, 1.807) is 13.1 Å². The van der Waals surface area contributed by atoms with Crippen LogP contribution in [0.3, 0.4) is 0 Å². The molecule has 7 nitrogen and oxygen atoms in total. The largest absolute Gasteiger partial charge is 0.356 e. The van der Waals surface area contributed by atoms with E-state index < -0.39 is 0 Å². The van der Waals surface area contributed by atoms with Crippen molar-refractivity contribution in [2.24, 2.45) is 7.05 Å². The monoisotopic (exact) mass is 368 g/mol. The summed E-state index contributed by atoms with van der Waals surface area (Å²) in [6, 6.07) is 3.82. The summed E-state index contributed by atoms with van der Waals surface area (Å²) < 4.78 is 2.19. The minimum atomic E-state index is 0.0511. The fourth-order valence-electron chi connectivity index (χ4n) is 4.19. The van der Waals surface area contributed by atoms with Gasteiger partial charge in [0.05, 0.1) is 6.54 Å². The number of piperidine rings is 1. The summed E-state index contributed by atoms with van der Waals surface area (Å²) in [6.07, 6.45) is 6.49. The average Bonchev–Trinajstić information content (AvgIpc) is 3.33. The van der Waals surface area contributed by atoms with E-state index in [9.17, 15) is 4.79 Å². The highest BCUT2D eigenvalue weighted by molar-refractivity contribution is 5.93. The molecule has 2 aromatic rings. The zero-order chi connectivity index (χ0) is 18.8. The van der Waals surface area contributed by atoms with Crippen LogP contribution in [-0.4, -0.2) is 56.6 Å². The second-order valence-corrected chi connectivity index (χ2v) is 7.76. The Balaban J connectivity index is 1.46. The molecule has 0 spiro atoms. The van der Waals surface area contributed by atoms with Gasteiger partial charge in [0, 0.05) is 37.8 Å². The highest BCUT2D eigenvalue weighted by Gasteiger charge is 2.27. The van der Waals surface area contributed by atoms with Gasteiger partial charge in [-0.25, -0.2) is 4.98 Å². The van der Waals surface area contributed by atoms with Crippen molar-refractivity contribution < 1.29 is 4.79 Å². The van der Waals surface area contributed by atoms with E-state index in [-0.39, 0.29) is 5.78 Å². The third-order valence-electron chi connectivity index (χ3n) is 5.83. The fraction of sp³-hybridized carbons (Fsp3) is 0.600. The summed E-state index contributed by atoms with van der Waals surface area (Å²) >= 11 is 0. The first-order valence-electron chi connectivity index (χ1n) is 9.94. The maximum atomic E-state index is 11.5. The van der Waals surface area contributed by atoms with Crippen molar-refractivity contribution in [1.82, 2.24) is 24.6 Å². The quantitative estimate of drug-likeness (QED) is 0.755. The topological polar surface area (TPSA) is 67.2 Å². The van der Waals surface area contributed by atoms with Gasteiger partial charge in [-0.2, -0.15) is 0 Å². The molecule has 27 heavy (non-hydrogen) atoms. The van der Waals surface area contributed by atoms with Gasteiger partial charge in [0.25, 0.3) is 0 Å². The van der Waals surface area contributed by atoms with E-state index in [1.807, 2.05) is 12.1 Å². The number of hydrogen-bond donors (Lipinski definition) is 0. The summed E-state index contributed by atoms with van der Waals surface area (Å²) in [4.78, 5) is 20.7. The van der Waals surface area contributed by atoms with Gasteiger partial charge in [-0.15, -0.1) is 10.2 Å². The molecule has 2 saturated heterocycles. The van der Waals surface area contributed by atoms with Crippen LogP contribution in [0.15, 0.2) is 18.3 Å². The number of nitrogens with zero attached hydrogens (tertiary/aromatic N) is 6. The van der Waals surface area contributed by atoms with Crippen LogP contribution in [0.1, 0.15) is 60.5 Å². The molecule has 4 rings (SSSR count). The zero-order valence-electron chi connectivity index (χ0n) is 16.3. The first-order valence-corrected chi connectivity index (χ1v) is 9.94. The van der Waals surface area contributed by atoms with Crippen molar-refractivity contribution in [3.63, 3.8) is 0 Å². The summed E-state index contributed by atoms with van der Waals surface area (Å²) in [5, 5.41) is 9.02. The van der Waals surface area contributed by atoms with Crippen LogP contribution >= 0.6 is 0 Å². The Kier molecular flexibility index (Phi) is 5.20. The molecule has 0 N–H and O–H groups in total. The minimum Gasteiger partial charge on any atom is -0.356 e. The van der Waals surface area contributed by atoms with Crippen molar-refractivity contribution >= 4 is 11.6 Å². The average molecular weight is 368 g/mol. The maximum absolute atomic E-state index is 11.5. The van der Waals surface area contributed by atoms with Crippen LogP contribution in [0.4, 0.5) is 5.82 Å². The van der Waals surface area contributed by atoms with Gasteiger partial charge < -0.3 is 9.47 Å². The molecule has 0 aromatic carbocycles. The molecule has 2 aliphatic heterocycles. The highest BCUT2D eigenvalue weighted by Crippen LogP contribution is 2.28. The van der Waals surface area contributed by atoms with Gasteiger partial charge in [-0.3, -0.25) is 9.69 Å². The van der Waals surface area contributed by atoms with Crippen molar-refractivity contribution in [3.05, 3.63) is 35.5 Å². The molecule has 0 saturated carbocycles. The van der Waals surface area contributed by atoms with Gasteiger partial charge in [0.2, 0.25) is 0 Å². The molecule has 0 amide bonds. The Bertz CT molecular complexity index is 793. The SMILES string of the molecule is CC(=O)c1ccc(N2CCCC(c3nnc(CN4CCCC4)n3C)C2)nc1. The van der Waals surface area contributed by atoms with Gasteiger partial charge >= 0.3 is 0 Å². The molecule has 144 valence electrons. The predicted octanol–water partition coefficient (Wildman–Crippen LogP) is 2.39. The van der Waals surface area contributed by atoms with Crippen molar-refractivity contribution in [2.75, 3.05) is 31.1 Å². The normalized spacial score (nSPS) is 21.0. The first-order chi connectivity index (χ1) is 13.1. The number of ketones is 1. The smallest absolute Gasteiger partial charge is 0.161 e. The lowest BCUT2D eigenvalue weighted by molar-refractivity contribution is 0.101. The van der Waals surface area contributed by atoms with Crippen molar-refractivity contribution in [3.8, 4) is 0 Å². The maximum Gasteiger partial charge on any atom is 0.161 e. The number of hydrogen-bond acceptors (Lipinski definition) is 6. The van der Waals surface area contributed by atoms with Crippen LogP contribution in [0.5, 0.6) is 0 Å². The Hall–Kier alpha value is -2.28.